The molecular formula is C21H18ClN3O3. The summed E-state index contributed by atoms with van der Waals surface area (Å²) >= 11 is 5.91. The Morgan fingerprint density at radius 3 is 2.64 bits per heavy atom. The molecule has 0 unspecified atom stereocenters. The van der Waals surface area contributed by atoms with E-state index in [-0.39, 0.29) is 0 Å². The van der Waals surface area contributed by atoms with Crippen molar-refractivity contribution in [3.63, 3.8) is 0 Å². The predicted octanol–water partition coefficient (Wildman–Crippen LogP) is 4.00. The molecule has 3 rings (SSSR count). The van der Waals surface area contributed by atoms with Gasteiger partial charge in [0, 0.05) is 29.2 Å². The lowest BCUT2D eigenvalue weighted by atomic mass is 10.1. The molecular weight excluding hydrogens is 378 g/mol. The molecule has 1 amide bonds. The van der Waals surface area contributed by atoms with E-state index < -0.39 is 18.4 Å². The number of rotatable bonds is 6. The maximum atomic E-state index is 12.1. The molecule has 7 heteroatoms. The molecule has 142 valence electrons. The topological polar surface area (TPSA) is 75.4 Å². The third-order valence-electron chi connectivity index (χ3n) is 4.20. The second-order valence-electron chi connectivity index (χ2n) is 6.17. The van der Waals surface area contributed by atoms with Gasteiger partial charge in [0.1, 0.15) is 12.2 Å². The second-order valence-corrected chi connectivity index (χ2v) is 6.60. The Bertz CT molecular complexity index is 1080. The summed E-state index contributed by atoms with van der Waals surface area (Å²) in [5, 5.41) is 10.6. The molecule has 0 atom stereocenters. The number of amides is 1. The number of nitrogens with zero attached hydrogens (tertiary/aromatic N) is 3. The largest absolute Gasteiger partial charge is 0.480 e. The molecule has 2 aromatic heterocycles. The number of hydrogen-bond donors (Lipinski definition) is 1. The first-order valence-electron chi connectivity index (χ1n) is 8.43. The Labute approximate surface area is 167 Å². The van der Waals surface area contributed by atoms with E-state index in [1.807, 2.05) is 54.2 Å². The highest BCUT2D eigenvalue weighted by Gasteiger charge is 2.18. The van der Waals surface area contributed by atoms with Gasteiger partial charge < -0.3 is 9.67 Å². The highest BCUT2D eigenvalue weighted by molar-refractivity contribution is 6.30. The zero-order valence-corrected chi connectivity index (χ0v) is 15.9. The van der Waals surface area contributed by atoms with Crippen LogP contribution in [0, 0.1) is 0 Å². The van der Waals surface area contributed by atoms with Crippen LogP contribution < -0.4 is 4.90 Å². The van der Waals surface area contributed by atoms with Crippen LogP contribution in [0.1, 0.15) is 11.1 Å². The summed E-state index contributed by atoms with van der Waals surface area (Å²) in [5.74, 6) is -1.62. The van der Waals surface area contributed by atoms with Gasteiger partial charge in [0.05, 0.1) is 11.9 Å². The van der Waals surface area contributed by atoms with Gasteiger partial charge in [-0.25, -0.2) is 4.98 Å². The summed E-state index contributed by atoms with van der Waals surface area (Å²) in [4.78, 5) is 28.8. The maximum Gasteiger partial charge on any atom is 0.323 e. The molecule has 0 aliphatic heterocycles. The molecule has 1 N–H and O–H groups in total. The molecule has 2 heterocycles. The number of benzene rings is 1. The van der Waals surface area contributed by atoms with Gasteiger partial charge in [-0.3, -0.25) is 14.5 Å². The van der Waals surface area contributed by atoms with Crippen LogP contribution in [0.5, 0.6) is 0 Å². The number of carboxylic acid groups (broad SMARTS) is 1. The monoisotopic (exact) mass is 395 g/mol. The Morgan fingerprint density at radius 2 is 2.00 bits per heavy atom. The van der Waals surface area contributed by atoms with Crippen molar-refractivity contribution in [2.45, 2.75) is 0 Å². The van der Waals surface area contributed by atoms with E-state index in [9.17, 15) is 9.59 Å². The number of carboxylic acids is 1. The van der Waals surface area contributed by atoms with E-state index in [4.69, 9.17) is 16.7 Å². The Kier molecular flexibility index (Phi) is 5.61. The van der Waals surface area contributed by atoms with Crippen LogP contribution in [0.2, 0.25) is 5.02 Å². The van der Waals surface area contributed by atoms with Gasteiger partial charge in [-0.2, -0.15) is 0 Å². The number of hydrogen-bond acceptors (Lipinski definition) is 3. The minimum atomic E-state index is -1.12. The van der Waals surface area contributed by atoms with Crippen LogP contribution >= 0.6 is 11.6 Å². The lowest BCUT2D eigenvalue weighted by Crippen LogP contribution is -2.34. The van der Waals surface area contributed by atoms with Crippen LogP contribution in [0.3, 0.4) is 0 Å². The van der Waals surface area contributed by atoms with Crippen LogP contribution in [0.15, 0.2) is 55.4 Å². The summed E-state index contributed by atoms with van der Waals surface area (Å²) in [5.41, 5.74) is 3.00. The number of aromatic nitrogens is 2. The average molecular weight is 396 g/mol. The first-order chi connectivity index (χ1) is 13.4. The Balaban J connectivity index is 2.03. The molecule has 6 nitrogen and oxygen atoms in total. The summed E-state index contributed by atoms with van der Waals surface area (Å²) in [6, 6.07) is 9.20. The van der Waals surface area contributed by atoms with Gasteiger partial charge in [0.25, 0.3) is 5.91 Å². The molecule has 0 aliphatic rings. The number of carbonyl (C=O) groups excluding carboxylic acids is 1. The summed E-state index contributed by atoms with van der Waals surface area (Å²) < 4.78 is 1.87. The minimum Gasteiger partial charge on any atom is -0.480 e. The molecule has 0 saturated heterocycles. The van der Waals surface area contributed by atoms with Crippen molar-refractivity contribution >= 4 is 52.4 Å². The Hall–Kier alpha value is -3.38. The van der Waals surface area contributed by atoms with E-state index in [0.717, 1.165) is 33.1 Å². The van der Waals surface area contributed by atoms with Gasteiger partial charge in [0.15, 0.2) is 0 Å². The van der Waals surface area contributed by atoms with Gasteiger partial charge in [-0.15, -0.1) is 0 Å². The molecule has 3 aromatic rings. The molecule has 28 heavy (non-hydrogen) atoms. The Morgan fingerprint density at radius 1 is 1.29 bits per heavy atom. The summed E-state index contributed by atoms with van der Waals surface area (Å²) in [6.45, 7) is 2.97. The molecule has 0 saturated carbocycles. The summed E-state index contributed by atoms with van der Waals surface area (Å²) in [6.07, 6.45) is 8.37. The van der Waals surface area contributed by atoms with Crippen LogP contribution in [0.25, 0.3) is 23.2 Å². The number of anilines is 1. The SMILES string of the molecule is C=CC(=O)N(CC(=O)O)c1cnc2c(c1)c(C=Cc1ccc(Cl)cc1)cn2C. The third-order valence-corrected chi connectivity index (χ3v) is 4.45. The lowest BCUT2D eigenvalue weighted by molar-refractivity contribution is -0.136. The van der Waals surface area contributed by atoms with Crippen molar-refractivity contribution in [1.29, 1.82) is 0 Å². The highest BCUT2D eigenvalue weighted by Crippen LogP contribution is 2.26. The standard InChI is InChI=1S/C21H18ClN3O3/c1-3-19(26)25(13-20(27)28)17-10-18-15(12-24(2)21(18)23-11-17)7-4-14-5-8-16(22)9-6-14/h3-12H,1,13H2,2H3,(H,27,28). The first-order valence-corrected chi connectivity index (χ1v) is 8.81. The van der Waals surface area contributed by atoms with Gasteiger partial charge >= 0.3 is 5.97 Å². The average Bonchev–Trinajstić information content (AvgIpc) is 3.00. The fraction of sp³-hybridized carbons (Fsp3) is 0.0952. The van der Waals surface area contributed by atoms with Gasteiger partial charge in [-0.1, -0.05) is 42.5 Å². The highest BCUT2D eigenvalue weighted by atomic mass is 35.5. The molecule has 0 bridgehead atoms. The van der Waals surface area contributed by atoms with Crippen molar-refractivity contribution in [3.05, 3.63) is 71.5 Å². The van der Waals surface area contributed by atoms with E-state index in [2.05, 4.69) is 11.6 Å². The van der Waals surface area contributed by atoms with E-state index >= 15 is 0 Å². The fourth-order valence-corrected chi connectivity index (χ4v) is 2.99. The second kappa shape index (κ2) is 8.10. The predicted molar refractivity (Wildman–Crippen MR) is 111 cm³/mol. The summed E-state index contributed by atoms with van der Waals surface area (Å²) in [7, 11) is 1.87. The van der Waals surface area contributed by atoms with Crippen molar-refractivity contribution in [1.82, 2.24) is 9.55 Å². The van der Waals surface area contributed by atoms with Crippen LogP contribution in [-0.4, -0.2) is 33.1 Å². The number of halogens is 1. The maximum absolute atomic E-state index is 12.1. The number of carbonyl (C=O) groups is 2. The third kappa shape index (κ3) is 4.13. The van der Waals surface area contributed by atoms with Crippen LogP contribution in [0.4, 0.5) is 5.69 Å². The van der Waals surface area contributed by atoms with Crippen LogP contribution in [-0.2, 0) is 16.6 Å². The first kappa shape index (κ1) is 19.4. The van der Waals surface area contributed by atoms with Gasteiger partial charge in [0.2, 0.25) is 0 Å². The normalized spacial score (nSPS) is 11.1. The number of pyridine rings is 1. The molecule has 1 aromatic carbocycles. The number of aryl methyl sites for hydroxylation is 1. The quantitative estimate of drug-likeness (QED) is 0.640. The zero-order valence-electron chi connectivity index (χ0n) is 15.2. The fourth-order valence-electron chi connectivity index (χ4n) is 2.86. The van der Waals surface area contributed by atoms with Crippen molar-refractivity contribution < 1.29 is 14.7 Å². The van der Waals surface area contributed by atoms with E-state index in [1.54, 1.807) is 6.07 Å². The van der Waals surface area contributed by atoms with Gasteiger partial charge in [-0.05, 0) is 29.8 Å². The molecule has 0 spiro atoms. The number of aliphatic carboxylic acids is 1. The minimum absolute atomic E-state index is 0.396. The van der Waals surface area contributed by atoms with E-state index in [1.165, 1.54) is 6.20 Å². The lowest BCUT2D eigenvalue weighted by Gasteiger charge is -2.18. The molecule has 0 fully saturated rings. The molecule has 0 aliphatic carbocycles. The smallest absolute Gasteiger partial charge is 0.323 e. The van der Waals surface area contributed by atoms with Crippen molar-refractivity contribution in [2.24, 2.45) is 7.05 Å². The van der Waals surface area contributed by atoms with E-state index in [0.29, 0.717) is 10.7 Å². The zero-order chi connectivity index (χ0) is 20.3. The number of fused-ring (bicyclic) bond motifs is 1. The molecule has 0 radical (unpaired) electrons. The van der Waals surface area contributed by atoms with Crippen molar-refractivity contribution in [3.8, 4) is 0 Å². The van der Waals surface area contributed by atoms with Crippen molar-refractivity contribution in [2.75, 3.05) is 11.4 Å².